The Morgan fingerprint density at radius 3 is 2.42 bits per heavy atom. The van der Waals surface area contributed by atoms with Crippen molar-refractivity contribution < 1.29 is 19.5 Å². The quantitative estimate of drug-likeness (QED) is 0.591. The highest BCUT2D eigenvalue weighted by molar-refractivity contribution is 6.32. The number of nitrogens with one attached hydrogen (secondary N) is 1. The molecule has 1 atom stereocenters. The average molecular weight is 348 g/mol. The van der Waals surface area contributed by atoms with E-state index in [2.05, 4.69) is 5.32 Å². The van der Waals surface area contributed by atoms with E-state index in [-0.39, 0.29) is 34.9 Å². The molecule has 1 aliphatic rings. The van der Waals surface area contributed by atoms with E-state index in [1.54, 1.807) is 60.0 Å². The zero-order valence-corrected chi connectivity index (χ0v) is 14.0. The third kappa shape index (κ3) is 2.27. The molecule has 0 radical (unpaired) electrons. The summed E-state index contributed by atoms with van der Waals surface area (Å²) in [5.74, 6) is -1.12. The minimum absolute atomic E-state index is 0.0521. The van der Waals surface area contributed by atoms with Gasteiger partial charge >= 0.3 is 0 Å². The smallest absolute Gasteiger partial charge is 0.254 e. The van der Waals surface area contributed by atoms with Gasteiger partial charge in [0.25, 0.3) is 5.91 Å². The fraction of sp³-hybridized carbons (Fsp3) is 0.150. The lowest BCUT2D eigenvalue weighted by molar-refractivity contribution is 0.0916. The molecule has 2 heterocycles. The third-order valence-electron chi connectivity index (χ3n) is 4.49. The van der Waals surface area contributed by atoms with Crippen molar-refractivity contribution in [3.63, 3.8) is 0 Å². The molecular formula is C20H16N2O4. The van der Waals surface area contributed by atoms with Crippen LogP contribution in [0.4, 0.5) is 0 Å². The Hall–Kier alpha value is -3.25. The summed E-state index contributed by atoms with van der Waals surface area (Å²) in [5.41, 5.74) is 1.59. The van der Waals surface area contributed by atoms with Gasteiger partial charge in [-0.2, -0.15) is 0 Å². The van der Waals surface area contributed by atoms with E-state index in [0.29, 0.717) is 16.6 Å². The van der Waals surface area contributed by atoms with Gasteiger partial charge in [0.15, 0.2) is 5.78 Å². The van der Waals surface area contributed by atoms with Gasteiger partial charge in [-0.25, -0.2) is 0 Å². The summed E-state index contributed by atoms with van der Waals surface area (Å²) in [6.07, 6.45) is 0.945. The first-order chi connectivity index (χ1) is 12.5. The Bertz CT molecular complexity index is 1080. The van der Waals surface area contributed by atoms with Gasteiger partial charge in [-0.15, -0.1) is 0 Å². The molecule has 0 fully saturated rings. The summed E-state index contributed by atoms with van der Waals surface area (Å²) in [6, 6.07) is 11.8. The predicted octanol–water partition coefficient (Wildman–Crippen LogP) is 1.83. The van der Waals surface area contributed by atoms with Crippen LogP contribution in [-0.4, -0.2) is 39.6 Å². The molecular weight excluding hydrogens is 332 g/mol. The van der Waals surface area contributed by atoms with Crippen molar-refractivity contribution in [1.29, 1.82) is 0 Å². The normalized spacial score (nSPS) is 14.1. The highest BCUT2D eigenvalue weighted by atomic mass is 16.3. The largest absolute Gasteiger partial charge is 0.392 e. The van der Waals surface area contributed by atoms with E-state index in [9.17, 15) is 19.5 Å². The number of aromatic nitrogens is 1. The minimum Gasteiger partial charge on any atom is -0.392 e. The number of benzene rings is 1. The van der Waals surface area contributed by atoms with Gasteiger partial charge < -0.3 is 14.8 Å². The van der Waals surface area contributed by atoms with Crippen molar-refractivity contribution in [1.82, 2.24) is 9.72 Å². The first-order valence-corrected chi connectivity index (χ1v) is 8.28. The topological polar surface area (TPSA) is 87.9 Å². The second-order valence-corrected chi connectivity index (χ2v) is 6.32. The van der Waals surface area contributed by atoms with Gasteiger partial charge in [0.1, 0.15) is 5.69 Å². The number of aliphatic hydroxyl groups is 1. The number of hydrogen-bond donors (Lipinski definition) is 2. The Morgan fingerprint density at radius 2 is 1.73 bits per heavy atom. The molecule has 1 unspecified atom stereocenters. The molecule has 0 spiro atoms. The monoisotopic (exact) mass is 348 g/mol. The molecule has 6 heteroatoms. The van der Waals surface area contributed by atoms with Crippen LogP contribution in [0.1, 0.15) is 49.3 Å². The second kappa shape index (κ2) is 5.93. The number of hydrogen-bond acceptors (Lipinski definition) is 4. The highest BCUT2D eigenvalue weighted by Gasteiger charge is 2.37. The van der Waals surface area contributed by atoms with E-state index in [4.69, 9.17) is 0 Å². The van der Waals surface area contributed by atoms with Gasteiger partial charge in [-0.3, -0.25) is 14.4 Å². The van der Waals surface area contributed by atoms with Gasteiger partial charge in [-0.1, -0.05) is 30.3 Å². The van der Waals surface area contributed by atoms with Crippen molar-refractivity contribution in [3.05, 3.63) is 76.6 Å². The lowest BCUT2D eigenvalue weighted by atomic mass is 9.86. The summed E-state index contributed by atoms with van der Waals surface area (Å²) in [7, 11) is 0. The molecule has 3 aromatic rings. The van der Waals surface area contributed by atoms with Crippen LogP contribution in [0.15, 0.2) is 48.7 Å². The standard InChI is InChI=1S/C20H16N2O4/c1-11(23)10-21-20(26)15-14-8-4-5-9-22(14)17-16(15)18(24)12-6-2-3-7-13(12)19(17)25/h2-9,11,23H,10H2,1H3,(H,21,26). The number of ketones is 2. The van der Waals surface area contributed by atoms with Gasteiger partial charge in [0, 0.05) is 23.9 Å². The van der Waals surface area contributed by atoms with Gasteiger partial charge in [-0.05, 0) is 19.1 Å². The molecule has 2 N–H and O–H groups in total. The summed E-state index contributed by atoms with van der Waals surface area (Å²) in [5, 5.41) is 12.1. The lowest BCUT2D eigenvalue weighted by Crippen LogP contribution is -2.32. The van der Waals surface area contributed by atoms with E-state index < -0.39 is 12.0 Å². The predicted molar refractivity (Wildman–Crippen MR) is 94.7 cm³/mol. The zero-order valence-electron chi connectivity index (χ0n) is 14.0. The summed E-state index contributed by atoms with van der Waals surface area (Å²) < 4.78 is 1.59. The number of nitrogens with zero attached hydrogens (tertiary/aromatic N) is 1. The minimum atomic E-state index is -0.721. The number of aliphatic hydroxyl groups excluding tert-OH is 1. The van der Waals surface area contributed by atoms with Gasteiger partial charge in [0.2, 0.25) is 5.78 Å². The number of rotatable bonds is 3. The maximum Gasteiger partial charge on any atom is 0.254 e. The van der Waals surface area contributed by atoms with Crippen LogP contribution in [0, 0.1) is 0 Å². The molecule has 0 bridgehead atoms. The molecule has 1 amide bonds. The molecule has 2 aromatic heterocycles. The van der Waals surface area contributed by atoms with Crippen LogP contribution in [0.5, 0.6) is 0 Å². The van der Waals surface area contributed by atoms with E-state index in [1.807, 2.05) is 0 Å². The molecule has 26 heavy (non-hydrogen) atoms. The Labute approximate surface area is 149 Å². The molecule has 4 rings (SSSR count). The number of pyridine rings is 1. The zero-order chi connectivity index (χ0) is 18.4. The van der Waals surface area contributed by atoms with Crippen molar-refractivity contribution in [3.8, 4) is 0 Å². The number of amides is 1. The molecule has 0 saturated heterocycles. The average Bonchev–Trinajstić information content (AvgIpc) is 3.00. The second-order valence-electron chi connectivity index (χ2n) is 6.32. The molecule has 1 aliphatic carbocycles. The van der Waals surface area contributed by atoms with Crippen LogP contribution >= 0.6 is 0 Å². The first-order valence-electron chi connectivity index (χ1n) is 8.28. The van der Waals surface area contributed by atoms with Crippen molar-refractivity contribution >= 4 is 23.0 Å². The van der Waals surface area contributed by atoms with Crippen LogP contribution < -0.4 is 5.32 Å². The Kier molecular flexibility index (Phi) is 3.70. The summed E-state index contributed by atoms with van der Waals surface area (Å²) in [6.45, 7) is 1.61. The van der Waals surface area contributed by atoms with Crippen molar-refractivity contribution in [2.45, 2.75) is 13.0 Å². The Morgan fingerprint density at radius 1 is 1.08 bits per heavy atom. The molecule has 6 nitrogen and oxygen atoms in total. The van der Waals surface area contributed by atoms with Gasteiger partial charge in [0.05, 0.1) is 22.7 Å². The molecule has 1 aromatic carbocycles. The first kappa shape index (κ1) is 16.2. The SMILES string of the molecule is CC(O)CNC(=O)c1c2c(n3ccccc13)C(=O)c1ccccc1C2=O. The lowest BCUT2D eigenvalue weighted by Gasteiger charge is -2.15. The molecule has 130 valence electrons. The highest BCUT2D eigenvalue weighted by Crippen LogP contribution is 2.33. The Balaban J connectivity index is 1.99. The number of fused-ring (bicyclic) bond motifs is 4. The van der Waals surface area contributed by atoms with E-state index >= 15 is 0 Å². The van der Waals surface area contributed by atoms with Crippen molar-refractivity contribution in [2.75, 3.05) is 6.54 Å². The van der Waals surface area contributed by atoms with E-state index in [0.717, 1.165) is 0 Å². The maximum atomic E-state index is 13.1. The van der Waals surface area contributed by atoms with Crippen LogP contribution in [0.25, 0.3) is 5.52 Å². The summed E-state index contributed by atoms with van der Waals surface area (Å²) in [4.78, 5) is 38.9. The van der Waals surface area contributed by atoms with Crippen LogP contribution in [-0.2, 0) is 0 Å². The van der Waals surface area contributed by atoms with E-state index in [1.165, 1.54) is 0 Å². The fourth-order valence-electron chi connectivity index (χ4n) is 3.35. The molecule has 0 saturated carbocycles. The number of carbonyl (C=O) groups is 3. The number of carbonyl (C=O) groups excluding carboxylic acids is 3. The summed E-state index contributed by atoms with van der Waals surface area (Å²) >= 11 is 0. The third-order valence-corrected chi connectivity index (χ3v) is 4.49. The van der Waals surface area contributed by atoms with Crippen LogP contribution in [0.2, 0.25) is 0 Å². The van der Waals surface area contributed by atoms with Crippen molar-refractivity contribution in [2.24, 2.45) is 0 Å². The van der Waals surface area contributed by atoms with Crippen LogP contribution in [0.3, 0.4) is 0 Å². The maximum absolute atomic E-state index is 13.1. The molecule has 0 aliphatic heterocycles. The fourth-order valence-corrected chi connectivity index (χ4v) is 3.35.